The fourth-order valence-electron chi connectivity index (χ4n) is 1.42. The standard InChI is InChI=1S/C11H15N3O3/c1-8(2)5-14(6-10(15)16)11(17)9-3-12-7-13-4-9/h3-4,7-8H,5-6H2,1-2H3,(H,15,16). The molecule has 0 spiro atoms. The number of hydrogen-bond acceptors (Lipinski definition) is 4. The van der Waals surface area contributed by atoms with Crippen LogP contribution in [0.2, 0.25) is 0 Å². The summed E-state index contributed by atoms with van der Waals surface area (Å²) in [6.45, 7) is 3.92. The summed E-state index contributed by atoms with van der Waals surface area (Å²) in [5, 5.41) is 8.77. The Morgan fingerprint density at radius 2 is 1.94 bits per heavy atom. The van der Waals surface area contributed by atoms with Gasteiger partial charge in [0.05, 0.1) is 5.56 Å². The van der Waals surface area contributed by atoms with Crippen molar-refractivity contribution in [3.8, 4) is 0 Å². The number of rotatable bonds is 5. The van der Waals surface area contributed by atoms with E-state index in [4.69, 9.17) is 5.11 Å². The second-order valence-corrected chi connectivity index (χ2v) is 4.10. The zero-order valence-corrected chi connectivity index (χ0v) is 9.83. The molecular weight excluding hydrogens is 222 g/mol. The van der Waals surface area contributed by atoms with Gasteiger partial charge in [-0.15, -0.1) is 0 Å². The van der Waals surface area contributed by atoms with E-state index < -0.39 is 5.97 Å². The van der Waals surface area contributed by atoms with Crippen molar-refractivity contribution in [2.75, 3.05) is 13.1 Å². The van der Waals surface area contributed by atoms with Gasteiger partial charge in [0.25, 0.3) is 5.91 Å². The number of aliphatic carboxylic acids is 1. The fraction of sp³-hybridized carbons (Fsp3) is 0.455. The zero-order valence-electron chi connectivity index (χ0n) is 9.83. The Bertz CT molecular complexity index is 392. The first kappa shape index (κ1) is 13.1. The van der Waals surface area contributed by atoms with E-state index in [-0.39, 0.29) is 18.4 Å². The van der Waals surface area contributed by atoms with Crippen molar-refractivity contribution in [1.29, 1.82) is 0 Å². The van der Waals surface area contributed by atoms with Crippen molar-refractivity contribution in [2.24, 2.45) is 5.92 Å². The van der Waals surface area contributed by atoms with Gasteiger partial charge in [0.2, 0.25) is 0 Å². The number of hydrogen-bond donors (Lipinski definition) is 1. The molecule has 1 aromatic heterocycles. The highest BCUT2D eigenvalue weighted by Crippen LogP contribution is 2.05. The van der Waals surface area contributed by atoms with Crippen LogP contribution < -0.4 is 0 Å². The van der Waals surface area contributed by atoms with Gasteiger partial charge in [-0.1, -0.05) is 13.8 Å². The van der Waals surface area contributed by atoms with Crippen LogP contribution in [0.1, 0.15) is 24.2 Å². The van der Waals surface area contributed by atoms with Crippen LogP contribution in [0.25, 0.3) is 0 Å². The monoisotopic (exact) mass is 237 g/mol. The molecule has 0 aliphatic carbocycles. The molecule has 0 aromatic carbocycles. The molecule has 1 rings (SSSR count). The molecule has 0 aliphatic heterocycles. The van der Waals surface area contributed by atoms with Crippen LogP contribution in [0.4, 0.5) is 0 Å². The first-order valence-corrected chi connectivity index (χ1v) is 5.26. The maximum Gasteiger partial charge on any atom is 0.323 e. The second-order valence-electron chi connectivity index (χ2n) is 4.10. The third-order valence-corrected chi connectivity index (χ3v) is 2.01. The average molecular weight is 237 g/mol. The lowest BCUT2D eigenvalue weighted by Gasteiger charge is -2.22. The molecule has 92 valence electrons. The number of aromatic nitrogens is 2. The molecule has 1 aromatic rings. The predicted octanol–water partition coefficient (Wildman–Crippen LogP) is 0.659. The van der Waals surface area contributed by atoms with E-state index in [1.807, 2.05) is 13.8 Å². The van der Waals surface area contributed by atoms with Gasteiger partial charge in [0, 0.05) is 18.9 Å². The molecule has 1 N–H and O–H groups in total. The molecular formula is C11H15N3O3. The van der Waals surface area contributed by atoms with Crippen molar-refractivity contribution in [3.05, 3.63) is 24.3 Å². The molecule has 0 radical (unpaired) electrons. The maximum absolute atomic E-state index is 12.0. The third-order valence-electron chi connectivity index (χ3n) is 2.01. The van der Waals surface area contributed by atoms with Gasteiger partial charge in [0.1, 0.15) is 12.9 Å². The van der Waals surface area contributed by atoms with E-state index >= 15 is 0 Å². The summed E-state index contributed by atoms with van der Waals surface area (Å²) < 4.78 is 0. The smallest absolute Gasteiger partial charge is 0.323 e. The van der Waals surface area contributed by atoms with Crippen molar-refractivity contribution >= 4 is 11.9 Å². The van der Waals surface area contributed by atoms with Crippen LogP contribution in [0, 0.1) is 5.92 Å². The Labute approximate surface area is 99.3 Å². The topological polar surface area (TPSA) is 83.4 Å². The van der Waals surface area contributed by atoms with Crippen molar-refractivity contribution < 1.29 is 14.7 Å². The predicted molar refractivity (Wildman–Crippen MR) is 60.4 cm³/mol. The average Bonchev–Trinajstić information content (AvgIpc) is 2.27. The highest BCUT2D eigenvalue weighted by molar-refractivity contribution is 5.95. The molecule has 0 atom stereocenters. The third kappa shape index (κ3) is 4.18. The molecule has 0 fully saturated rings. The minimum atomic E-state index is -1.03. The van der Waals surface area contributed by atoms with Crippen LogP contribution in [0.3, 0.4) is 0 Å². The van der Waals surface area contributed by atoms with Gasteiger partial charge in [-0.05, 0) is 5.92 Å². The van der Waals surface area contributed by atoms with E-state index in [2.05, 4.69) is 9.97 Å². The molecule has 0 unspecified atom stereocenters. The second kappa shape index (κ2) is 5.93. The van der Waals surface area contributed by atoms with Gasteiger partial charge >= 0.3 is 5.97 Å². The van der Waals surface area contributed by atoms with Gasteiger partial charge < -0.3 is 10.0 Å². The number of carbonyl (C=O) groups excluding carboxylic acids is 1. The van der Waals surface area contributed by atoms with Crippen LogP contribution in [-0.4, -0.2) is 44.9 Å². The van der Waals surface area contributed by atoms with Gasteiger partial charge in [0.15, 0.2) is 0 Å². The first-order chi connectivity index (χ1) is 8.00. The van der Waals surface area contributed by atoms with E-state index in [9.17, 15) is 9.59 Å². The quantitative estimate of drug-likeness (QED) is 0.813. The van der Waals surface area contributed by atoms with Crippen molar-refractivity contribution in [3.63, 3.8) is 0 Å². The fourth-order valence-corrected chi connectivity index (χ4v) is 1.42. The summed E-state index contributed by atoms with van der Waals surface area (Å²) in [6, 6.07) is 0. The molecule has 0 saturated carbocycles. The highest BCUT2D eigenvalue weighted by Gasteiger charge is 2.19. The van der Waals surface area contributed by atoms with Gasteiger partial charge in [-0.3, -0.25) is 9.59 Å². The minimum Gasteiger partial charge on any atom is -0.480 e. The summed E-state index contributed by atoms with van der Waals surface area (Å²) in [7, 11) is 0. The van der Waals surface area contributed by atoms with Crippen molar-refractivity contribution in [2.45, 2.75) is 13.8 Å². The molecule has 0 aliphatic rings. The molecule has 6 nitrogen and oxygen atoms in total. The summed E-state index contributed by atoms with van der Waals surface area (Å²) in [5.74, 6) is -1.19. The molecule has 6 heteroatoms. The van der Waals surface area contributed by atoms with Crippen LogP contribution in [0.15, 0.2) is 18.7 Å². The Kier molecular flexibility index (Phi) is 4.56. The van der Waals surface area contributed by atoms with E-state index in [0.717, 1.165) is 0 Å². The lowest BCUT2D eigenvalue weighted by Crippen LogP contribution is -2.38. The normalized spacial score (nSPS) is 10.3. The SMILES string of the molecule is CC(C)CN(CC(=O)O)C(=O)c1cncnc1. The lowest BCUT2D eigenvalue weighted by molar-refractivity contribution is -0.137. The van der Waals surface area contributed by atoms with E-state index in [1.54, 1.807) is 0 Å². The molecule has 1 heterocycles. The number of carboxylic acid groups (broad SMARTS) is 1. The highest BCUT2D eigenvalue weighted by atomic mass is 16.4. The Hall–Kier alpha value is -1.98. The summed E-state index contributed by atoms with van der Waals surface area (Å²) >= 11 is 0. The van der Waals surface area contributed by atoms with E-state index in [0.29, 0.717) is 12.1 Å². The zero-order chi connectivity index (χ0) is 12.8. The van der Waals surface area contributed by atoms with Crippen LogP contribution in [-0.2, 0) is 4.79 Å². The van der Waals surface area contributed by atoms with E-state index in [1.165, 1.54) is 23.6 Å². The summed E-state index contributed by atoms with van der Waals surface area (Å²) in [6.07, 6.45) is 4.08. The maximum atomic E-state index is 12.0. The summed E-state index contributed by atoms with van der Waals surface area (Å²) in [4.78, 5) is 31.5. The van der Waals surface area contributed by atoms with Crippen molar-refractivity contribution in [1.82, 2.24) is 14.9 Å². The minimum absolute atomic E-state index is 0.197. The molecule has 1 amide bonds. The molecule has 0 saturated heterocycles. The van der Waals surface area contributed by atoms with Crippen LogP contribution in [0.5, 0.6) is 0 Å². The Morgan fingerprint density at radius 1 is 1.35 bits per heavy atom. The number of carboxylic acids is 1. The Morgan fingerprint density at radius 3 is 2.41 bits per heavy atom. The van der Waals surface area contributed by atoms with Gasteiger partial charge in [-0.25, -0.2) is 9.97 Å². The van der Waals surface area contributed by atoms with Crippen LogP contribution >= 0.6 is 0 Å². The number of amides is 1. The lowest BCUT2D eigenvalue weighted by atomic mass is 10.2. The Balaban J connectivity index is 2.82. The largest absolute Gasteiger partial charge is 0.480 e. The number of nitrogens with zero attached hydrogens (tertiary/aromatic N) is 3. The van der Waals surface area contributed by atoms with Gasteiger partial charge in [-0.2, -0.15) is 0 Å². The number of carbonyl (C=O) groups is 2. The first-order valence-electron chi connectivity index (χ1n) is 5.26. The molecule has 0 bridgehead atoms. The molecule has 17 heavy (non-hydrogen) atoms. The summed E-state index contributed by atoms with van der Waals surface area (Å²) in [5.41, 5.74) is 0.300.